The summed E-state index contributed by atoms with van der Waals surface area (Å²) >= 11 is 17.7. The van der Waals surface area contributed by atoms with Gasteiger partial charge in [-0.15, -0.1) is 0 Å². The highest BCUT2D eigenvalue weighted by Crippen LogP contribution is 2.37. The number of rotatable bonds is 3. The van der Waals surface area contributed by atoms with Crippen molar-refractivity contribution in [2.75, 3.05) is 0 Å². The van der Waals surface area contributed by atoms with Crippen LogP contribution in [0.4, 0.5) is 0 Å². The van der Waals surface area contributed by atoms with Gasteiger partial charge in [0.15, 0.2) is 0 Å². The molecule has 0 radical (unpaired) electrons. The van der Waals surface area contributed by atoms with Gasteiger partial charge in [-0.1, -0.05) is 34.8 Å². The molecule has 1 aliphatic rings. The van der Waals surface area contributed by atoms with Crippen LogP contribution in [0.1, 0.15) is 36.0 Å². The molecule has 21 heavy (non-hydrogen) atoms. The largest absolute Gasteiger partial charge is 0.459 e. The number of hydrogen-bond donors (Lipinski definition) is 1. The Morgan fingerprint density at radius 2 is 1.76 bits per heavy atom. The van der Waals surface area contributed by atoms with Gasteiger partial charge in [0.25, 0.3) is 0 Å². The van der Waals surface area contributed by atoms with Crippen LogP contribution in [0.25, 0.3) is 0 Å². The third kappa shape index (κ3) is 3.63. The van der Waals surface area contributed by atoms with Gasteiger partial charge in [-0.05, 0) is 31.7 Å². The highest BCUT2D eigenvalue weighted by molar-refractivity contribution is 7.89. The first-order valence-corrected chi connectivity index (χ1v) is 8.81. The van der Waals surface area contributed by atoms with E-state index in [1.165, 1.54) is 0 Å². The van der Waals surface area contributed by atoms with Crippen molar-refractivity contribution >= 4 is 50.8 Å². The van der Waals surface area contributed by atoms with Gasteiger partial charge in [-0.25, -0.2) is 18.4 Å². The van der Waals surface area contributed by atoms with E-state index in [9.17, 15) is 13.2 Å². The predicted octanol–water partition coefficient (Wildman–Crippen LogP) is 3.39. The molecule has 0 aromatic heterocycles. The molecule has 1 fully saturated rings. The number of nitrogens with two attached hydrogens (primary N) is 1. The second-order valence-electron chi connectivity index (χ2n) is 4.72. The molecule has 1 aromatic rings. The number of carbonyl (C=O) groups is 1. The van der Waals surface area contributed by atoms with E-state index >= 15 is 0 Å². The zero-order valence-corrected chi connectivity index (χ0v) is 13.8. The van der Waals surface area contributed by atoms with Crippen LogP contribution >= 0.6 is 34.8 Å². The summed E-state index contributed by atoms with van der Waals surface area (Å²) in [5.74, 6) is -0.802. The molecule has 0 bridgehead atoms. The fourth-order valence-electron chi connectivity index (χ4n) is 2.18. The molecular weight excluding hydrogens is 361 g/mol. The fraction of sp³-hybridized carbons (Fsp3) is 0.417. The quantitative estimate of drug-likeness (QED) is 0.651. The Balaban J connectivity index is 2.46. The molecule has 0 saturated heterocycles. The topological polar surface area (TPSA) is 86.5 Å². The SMILES string of the molecule is NS(=O)(=O)c1cc(Cl)c(Cl)c(C(=O)OC2CCCC2)c1Cl. The number of primary sulfonamides is 1. The molecule has 2 rings (SSSR count). The number of sulfonamides is 1. The van der Waals surface area contributed by atoms with Gasteiger partial charge in [-0.2, -0.15) is 0 Å². The second-order valence-corrected chi connectivity index (χ2v) is 7.41. The van der Waals surface area contributed by atoms with Crippen LogP contribution in [0.2, 0.25) is 15.1 Å². The summed E-state index contributed by atoms with van der Waals surface area (Å²) in [5, 5.41) is 4.37. The molecule has 2 N–H and O–H groups in total. The standard InChI is InChI=1S/C12H12Cl3NO4S/c13-7-5-8(21(16,18)19)11(15)9(10(7)14)12(17)20-6-3-1-2-4-6/h5-6H,1-4H2,(H2,16,18,19). The van der Waals surface area contributed by atoms with Crippen LogP contribution in [0.5, 0.6) is 0 Å². The Labute approximate surface area is 137 Å². The molecule has 0 spiro atoms. The normalized spacial score (nSPS) is 16.2. The Kier molecular flexibility index (Phi) is 5.05. The average Bonchev–Trinajstić information content (AvgIpc) is 2.85. The number of ether oxygens (including phenoxy) is 1. The minimum absolute atomic E-state index is 0.136. The molecule has 0 amide bonds. The molecule has 1 aliphatic carbocycles. The molecule has 1 saturated carbocycles. The zero-order valence-electron chi connectivity index (χ0n) is 10.7. The molecule has 9 heteroatoms. The third-order valence-corrected chi connectivity index (χ3v) is 5.44. The lowest BCUT2D eigenvalue weighted by Gasteiger charge is -2.15. The average molecular weight is 373 g/mol. The van der Waals surface area contributed by atoms with Crippen LogP contribution in [-0.2, 0) is 14.8 Å². The van der Waals surface area contributed by atoms with Crippen molar-refractivity contribution < 1.29 is 17.9 Å². The van der Waals surface area contributed by atoms with E-state index in [1.54, 1.807) is 0 Å². The van der Waals surface area contributed by atoms with Gasteiger partial charge in [0.2, 0.25) is 10.0 Å². The first kappa shape index (κ1) is 16.8. The lowest BCUT2D eigenvalue weighted by atomic mass is 10.2. The summed E-state index contributed by atoms with van der Waals surface area (Å²) in [5.41, 5.74) is -0.276. The molecule has 0 unspecified atom stereocenters. The number of carbonyl (C=O) groups excluding carboxylic acids is 1. The summed E-state index contributed by atoms with van der Waals surface area (Å²) in [7, 11) is -4.14. The van der Waals surface area contributed by atoms with Crippen molar-refractivity contribution in [3.8, 4) is 0 Å². The van der Waals surface area contributed by atoms with Gasteiger partial charge < -0.3 is 4.74 Å². The summed E-state index contributed by atoms with van der Waals surface area (Å²) in [4.78, 5) is 11.7. The lowest BCUT2D eigenvalue weighted by Crippen LogP contribution is -2.18. The fourth-order valence-corrected chi connectivity index (χ4v) is 3.91. The number of halogens is 3. The zero-order chi connectivity index (χ0) is 15.8. The van der Waals surface area contributed by atoms with E-state index in [2.05, 4.69) is 0 Å². The van der Waals surface area contributed by atoms with Crippen LogP contribution in [-0.4, -0.2) is 20.5 Å². The van der Waals surface area contributed by atoms with E-state index in [0.717, 1.165) is 31.7 Å². The first-order chi connectivity index (χ1) is 9.71. The Bertz CT molecular complexity index is 684. The molecule has 0 atom stereocenters. The van der Waals surface area contributed by atoms with Crippen molar-refractivity contribution in [3.63, 3.8) is 0 Å². The van der Waals surface area contributed by atoms with E-state index in [-0.39, 0.29) is 26.7 Å². The summed E-state index contributed by atoms with van der Waals surface area (Å²) in [6.07, 6.45) is 3.23. The molecule has 0 aliphatic heterocycles. The highest BCUT2D eigenvalue weighted by Gasteiger charge is 2.28. The molecule has 5 nitrogen and oxygen atoms in total. The maximum atomic E-state index is 12.2. The maximum Gasteiger partial charge on any atom is 0.341 e. The van der Waals surface area contributed by atoms with Crippen molar-refractivity contribution in [3.05, 3.63) is 26.7 Å². The van der Waals surface area contributed by atoms with Crippen molar-refractivity contribution in [2.24, 2.45) is 5.14 Å². The summed E-state index contributed by atoms with van der Waals surface area (Å²) in [6.45, 7) is 0. The van der Waals surface area contributed by atoms with E-state index in [0.29, 0.717) is 0 Å². The van der Waals surface area contributed by atoms with Crippen LogP contribution in [0, 0.1) is 0 Å². The van der Waals surface area contributed by atoms with Gasteiger partial charge in [0.1, 0.15) is 11.0 Å². The van der Waals surface area contributed by atoms with Crippen molar-refractivity contribution in [2.45, 2.75) is 36.7 Å². The monoisotopic (exact) mass is 371 g/mol. The van der Waals surface area contributed by atoms with Gasteiger partial charge in [0.05, 0.1) is 20.6 Å². The van der Waals surface area contributed by atoms with E-state index in [4.69, 9.17) is 44.7 Å². The van der Waals surface area contributed by atoms with E-state index in [1.807, 2.05) is 0 Å². The number of hydrogen-bond acceptors (Lipinski definition) is 4. The highest BCUT2D eigenvalue weighted by atomic mass is 35.5. The van der Waals surface area contributed by atoms with Crippen LogP contribution in [0.15, 0.2) is 11.0 Å². The summed E-state index contributed by atoms with van der Waals surface area (Å²) in [6, 6.07) is 1.01. The van der Waals surface area contributed by atoms with Gasteiger partial charge in [0, 0.05) is 0 Å². The molecule has 0 heterocycles. The van der Waals surface area contributed by atoms with Gasteiger partial charge >= 0.3 is 5.97 Å². The molecule has 116 valence electrons. The minimum atomic E-state index is -4.14. The smallest absolute Gasteiger partial charge is 0.341 e. The number of benzene rings is 1. The summed E-state index contributed by atoms with van der Waals surface area (Å²) < 4.78 is 28.2. The Morgan fingerprint density at radius 1 is 1.19 bits per heavy atom. The van der Waals surface area contributed by atoms with Gasteiger partial charge in [-0.3, -0.25) is 0 Å². The van der Waals surface area contributed by atoms with Crippen LogP contribution < -0.4 is 5.14 Å². The third-order valence-electron chi connectivity index (χ3n) is 3.21. The van der Waals surface area contributed by atoms with Crippen LogP contribution in [0.3, 0.4) is 0 Å². The minimum Gasteiger partial charge on any atom is -0.459 e. The Morgan fingerprint density at radius 3 is 2.29 bits per heavy atom. The van der Waals surface area contributed by atoms with E-state index < -0.39 is 20.9 Å². The molecular formula is C12H12Cl3NO4S. The second kappa shape index (κ2) is 6.30. The first-order valence-electron chi connectivity index (χ1n) is 6.13. The predicted molar refractivity (Wildman–Crippen MR) is 80.5 cm³/mol. The van der Waals surface area contributed by atoms with Crippen molar-refractivity contribution in [1.82, 2.24) is 0 Å². The molecule has 1 aromatic carbocycles. The lowest BCUT2D eigenvalue weighted by molar-refractivity contribution is 0.0318. The Hall–Kier alpha value is -0.530. The van der Waals surface area contributed by atoms with Crippen molar-refractivity contribution in [1.29, 1.82) is 0 Å². The number of esters is 1. The maximum absolute atomic E-state index is 12.2.